The van der Waals surface area contributed by atoms with Crippen LogP contribution in [0.1, 0.15) is 28.0 Å². The van der Waals surface area contributed by atoms with Gasteiger partial charge in [0, 0.05) is 18.3 Å². The number of amides is 1. The Bertz CT molecular complexity index is 1440. The van der Waals surface area contributed by atoms with E-state index in [0.717, 1.165) is 29.8 Å². The third kappa shape index (κ3) is 4.68. The largest absolute Gasteiger partial charge is 0.307 e. The highest BCUT2D eigenvalue weighted by Crippen LogP contribution is 2.29. The van der Waals surface area contributed by atoms with Gasteiger partial charge in [-0.15, -0.1) is 0 Å². The van der Waals surface area contributed by atoms with Crippen molar-refractivity contribution in [2.75, 3.05) is 15.7 Å². The second-order valence-corrected chi connectivity index (χ2v) is 10.3. The maximum absolute atomic E-state index is 13.9. The first-order chi connectivity index (χ1) is 17.0. The lowest BCUT2D eigenvalue weighted by atomic mass is 10.1. The molecule has 6 nitrogen and oxygen atoms in total. The molecule has 2 heterocycles. The highest BCUT2D eigenvalue weighted by Gasteiger charge is 2.28. The predicted molar refractivity (Wildman–Crippen MR) is 137 cm³/mol. The number of aryl methyl sites for hydroxylation is 1. The zero-order valence-corrected chi connectivity index (χ0v) is 19.9. The Morgan fingerprint density at radius 1 is 0.886 bits per heavy atom. The van der Waals surface area contributed by atoms with Gasteiger partial charge in [-0.3, -0.25) is 14.1 Å². The van der Waals surface area contributed by atoms with Crippen LogP contribution in [0.3, 0.4) is 0 Å². The summed E-state index contributed by atoms with van der Waals surface area (Å²) in [4.78, 5) is 19.6. The molecule has 0 atom stereocenters. The summed E-state index contributed by atoms with van der Waals surface area (Å²) in [5, 5.41) is 0. The number of pyridine rings is 1. The van der Waals surface area contributed by atoms with E-state index in [1.54, 1.807) is 41.4 Å². The second-order valence-electron chi connectivity index (χ2n) is 8.39. The number of aromatic nitrogens is 1. The number of benzene rings is 3. The van der Waals surface area contributed by atoms with Gasteiger partial charge in [0.2, 0.25) is 0 Å². The molecule has 5 rings (SSSR count). The number of carbonyl (C=O) groups excluding carboxylic acids is 1. The lowest BCUT2D eigenvalue weighted by Gasteiger charge is -2.29. The van der Waals surface area contributed by atoms with Gasteiger partial charge in [-0.1, -0.05) is 54.6 Å². The lowest BCUT2D eigenvalue weighted by molar-refractivity contribution is 0.0984. The molecular weight excluding hydrogens is 458 g/mol. The van der Waals surface area contributed by atoms with Crippen molar-refractivity contribution in [1.82, 2.24) is 4.98 Å². The summed E-state index contributed by atoms with van der Waals surface area (Å²) in [6.45, 7) is 0.745. The normalized spacial score (nSPS) is 13.2. The number of nitrogens with zero attached hydrogens (tertiary/aromatic N) is 3. The van der Waals surface area contributed by atoms with E-state index in [0.29, 0.717) is 17.8 Å². The van der Waals surface area contributed by atoms with E-state index in [9.17, 15) is 13.2 Å². The summed E-state index contributed by atoms with van der Waals surface area (Å²) < 4.78 is 29.1. The number of carbonyl (C=O) groups is 1. The van der Waals surface area contributed by atoms with Crippen LogP contribution in [0.15, 0.2) is 108 Å². The number of hydrogen-bond acceptors (Lipinski definition) is 4. The van der Waals surface area contributed by atoms with Gasteiger partial charge in [0.15, 0.2) is 0 Å². The van der Waals surface area contributed by atoms with E-state index in [2.05, 4.69) is 4.98 Å². The first kappa shape index (κ1) is 22.8. The first-order valence-electron chi connectivity index (χ1n) is 11.5. The van der Waals surface area contributed by atoms with Crippen molar-refractivity contribution < 1.29 is 13.2 Å². The molecule has 4 aromatic rings. The minimum atomic E-state index is -3.95. The molecule has 0 aliphatic carbocycles. The lowest BCUT2D eigenvalue weighted by Crippen LogP contribution is -2.36. The maximum atomic E-state index is 13.9. The summed E-state index contributed by atoms with van der Waals surface area (Å²) in [6, 6.07) is 28.5. The van der Waals surface area contributed by atoms with Gasteiger partial charge in [-0.25, -0.2) is 8.42 Å². The average molecular weight is 484 g/mol. The Balaban J connectivity index is 1.51. The van der Waals surface area contributed by atoms with Crippen molar-refractivity contribution in [3.63, 3.8) is 0 Å². The first-order valence-corrected chi connectivity index (χ1v) is 13.0. The van der Waals surface area contributed by atoms with Crippen LogP contribution in [-0.2, 0) is 23.0 Å². The average Bonchev–Trinajstić information content (AvgIpc) is 2.92. The number of para-hydroxylation sites is 1. The van der Waals surface area contributed by atoms with Gasteiger partial charge in [0.05, 0.1) is 28.5 Å². The van der Waals surface area contributed by atoms with Gasteiger partial charge in [-0.05, 0) is 60.9 Å². The van der Waals surface area contributed by atoms with Crippen LogP contribution in [0.25, 0.3) is 0 Å². The Morgan fingerprint density at radius 2 is 1.63 bits per heavy atom. The topological polar surface area (TPSA) is 70.6 Å². The third-order valence-corrected chi connectivity index (χ3v) is 7.85. The van der Waals surface area contributed by atoms with Gasteiger partial charge in [-0.2, -0.15) is 0 Å². The quantitative estimate of drug-likeness (QED) is 0.384. The van der Waals surface area contributed by atoms with E-state index < -0.39 is 10.0 Å². The van der Waals surface area contributed by atoms with Crippen molar-refractivity contribution in [3.8, 4) is 0 Å². The van der Waals surface area contributed by atoms with E-state index in [1.807, 2.05) is 60.7 Å². The SMILES string of the molecule is O=C(c1cccc(S(=O)(=O)N(Cc2ccccc2)c2ccccc2)c1)N1CCCc2ncccc21. The number of sulfonamides is 1. The van der Waals surface area contributed by atoms with Gasteiger partial charge in [0.25, 0.3) is 15.9 Å². The van der Waals surface area contributed by atoms with E-state index in [-0.39, 0.29) is 17.3 Å². The van der Waals surface area contributed by atoms with E-state index >= 15 is 0 Å². The standard InChI is InChI=1S/C28H25N3O3S/c32-28(30-19-9-16-26-27(30)17-8-18-29-26)23-12-7-15-25(20-23)35(33,34)31(24-13-5-2-6-14-24)21-22-10-3-1-4-11-22/h1-8,10-15,17-18,20H,9,16,19,21H2. The fourth-order valence-corrected chi connectivity index (χ4v) is 5.83. The Morgan fingerprint density at radius 3 is 2.40 bits per heavy atom. The highest BCUT2D eigenvalue weighted by atomic mass is 32.2. The zero-order chi connectivity index (χ0) is 24.3. The third-order valence-electron chi connectivity index (χ3n) is 6.08. The smallest absolute Gasteiger partial charge is 0.264 e. The molecule has 0 saturated heterocycles. The molecule has 3 aromatic carbocycles. The van der Waals surface area contributed by atoms with Gasteiger partial charge >= 0.3 is 0 Å². The molecule has 0 N–H and O–H groups in total. The monoisotopic (exact) mass is 483 g/mol. The summed E-state index contributed by atoms with van der Waals surface area (Å²) >= 11 is 0. The van der Waals surface area contributed by atoms with Crippen LogP contribution in [0.4, 0.5) is 11.4 Å². The summed E-state index contributed by atoms with van der Waals surface area (Å²) in [6.07, 6.45) is 3.36. The van der Waals surface area contributed by atoms with Crippen molar-refractivity contribution in [2.24, 2.45) is 0 Å². The summed E-state index contributed by atoms with van der Waals surface area (Å²) in [5.74, 6) is -0.231. The zero-order valence-electron chi connectivity index (χ0n) is 19.1. The molecule has 176 valence electrons. The molecule has 0 saturated carbocycles. The van der Waals surface area contributed by atoms with Crippen molar-refractivity contribution >= 4 is 27.3 Å². The van der Waals surface area contributed by atoms with Gasteiger partial charge in [0.1, 0.15) is 0 Å². The molecule has 0 spiro atoms. The number of rotatable bonds is 6. The highest BCUT2D eigenvalue weighted by molar-refractivity contribution is 7.92. The Labute approximate surface area is 205 Å². The molecule has 1 aliphatic rings. The molecule has 35 heavy (non-hydrogen) atoms. The fourth-order valence-electron chi connectivity index (χ4n) is 4.34. The molecule has 0 bridgehead atoms. The second kappa shape index (κ2) is 9.72. The molecule has 1 amide bonds. The van der Waals surface area contributed by atoms with Crippen molar-refractivity contribution in [3.05, 3.63) is 120 Å². The van der Waals surface area contributed by atoms with Crippen LogP contribution < -0.4 is 9.21 Å². The number of fused-ring (bicyclic) bond motifs is 1. The molecule has 0 fully saturated rings. The maximum Gasteiger partial charge on any atom is 0.264 e. The van der Waals surface area contributed by atoms with E-state index in [4.69, 9.17) is 0 Å². The molecular formula is C28H25N3O3S. The molecule has 1 aliphatic heterocycles. The Hall–Kier alpha value is -3.97. The van der Waals surface area contributed by atoms with Crippen LogP contribution >= 0.6 is 0 Å². The van der Waals surface area contributed by atoms with Crippen molar-refractivity contribution in [2.45, 2.75) is 24.3 Å². The summed E-state index contributed by atoms with van der Waals surface area (Å²) in [7, 11) is -3.95. The van der Waals surface area contributed by atoms with Crippen LogP contribution in [0.5, 0.6) is 0 Å². The van der Waals surface area contributed by atoms with Crippen LogP contribution in [0, 0.1) is 0 Å². The van der Waals surface area contributed by atoms with Crippen LogP contribution in [0.2, 0.25) is 0 Å². The molecule has 0 radical (unpaired) electrons. The van der Waals surface area contributed by atoms with E-state index in [1.165, 1.54) is 10.4 Å². The van der Waals surface area contributed by atoms with Crippen molar-refractivity contribution in [1.29, 1.82) is 0 Å². The predicted octanol–water partition coefficient (Wildman–Crippen LogP) is 5.07. The van der Waals surface area contributed by atoms with Crippen LogP contribution in [-0.4, -0.2) is 25.9 Å². The minimum Gasteiger partial charge on any atom is -0.307 e. The molecule has 1 aromatic heterocycles. The molecule has 7 heteroatoms. The fraction of sp³-hybridized carbons (Fsp3) is 0.143. The number of hydrogen-bond donors (Lipinski definition) is 0. The number of anilines is 2. The minimum absolute atomic E-state index is 0.0755. The molecule has 0 unspecified atom stereocenters. The summed E-state index contributed by atoms with van der Waals surface area (Å²) in [5.41, 5.74) is 3.42. The van der Waals surface area contributed by atoms with Gasteiger partial charge < -0.3 is 4.90 Å². The Kier molecular flexibility index (Phi) is 6.33.